The van der Waals surface area contributed by atoms with E-state index in [9.17, 15) is 14.7 Å². The molecule has 2 heterocycles. The van der Waals surface area contributed by atoms with Gasteiger partial charge in [0.05, 0.1) is 5.69 Å². The number of aromatic amines is 1. The topological polar surface area (TPSA) is 120 Å². The Morgan fingerprint density at radius 3 is 2.56 bits per heavy atom. The van der Waals surface area contributed by atoms with Crippen molar-refractivity contribution in [2.75, 3.05) is 18.0 Å². The zero-order valence-corrected chi connectivity index (χ0v) is 15.7. The number of hydrogen-bond acceptors (Lipinski definition) is 5. The highest BCUT2D eigenvalue weighted by molar-refractivity contribution is 5.92. The lowest BCUT2D eigenvalue weighted by atomic mass is 10.0. The number of aromatic nitrogens is 1. The van der Waals surface area contributed by atoms with Crippen molar-refractivity contribution < 1.29 is 15.0 Å². The van der Waals surface area contributed by atoms with Crippen LogP contribution in [0.25, 0.3) is 11.3 Å². The van der Waals surface area contributed by atoms with Crippen LogP contribution in [0, 0.1) is 5.92 Å². The highest BCUT2D eigenvalue weighted by atomic mass is 35.5. The Morgan fingerprint density at radius 2 is 2.04 bits per heavy atom. The van der Waals surface area contributed by atoms with Gasteiger partial charge in [0, 0.05) is 29.9 Å². The van der Waals surface area contributed by atoms with E-state index >= 15 is 0 Å². The number of H-pyrrole nitrogens is 1. The van der Waals surface area contributed by atoms with Crippen LogP contribution in [0.2, 0.25) is 0 Å². The molecule has 7 nitrogen and oxygen atoms in total. The number of carbonyl (C=O) groups is 1. The summed E-state index contributed by atoms with van der Waals surface area (Å²) >= 11 is 0. The number of nitrogens with two attached hydrogens (primary N) is 1. The summed E-state index contributed by atoms with van der Waals surface area (Å²) in [6.07, 6.45) is 1.49. The number of pyridine rings is 1. The van der Waals surface area contributed by atoms with Crippen LogP contribution in [0.4, 0.5) is 5.69 Å². The van der Waals surface area contributed by atoms with E-state index in [0.717, 1.165) is 30.8 Å². The van der Waals surface area contributed by atoms with Crippen LogP contribution in [-0.2, 0) is 6.42 Å². The second-order valence-corrected chi connectivity index (χ2v) is 7.25. The molecule has 1 saturated heterocycles. The molecular formula is C19H22ClN3O4. The van der Waals surface area contributed by atoms with Crippen LogP contribution >= 0.6 is 12.4 Å². The molecule has 27 heavy (non-hydrogen) atoms. The minimum absolute atomic E-state index is 0. The van der Waals surface area contributed by atoms with Crippen LogP contribution in [0.15, 0.2) is 29.1 Å². The maximum absolute atomic E-state index is 12.1. The first-order valence-corrected chi connectivity index (χ1v) is 8.69. The van der Waals surface area contributed by atoms with Crippen molar-refractivity contribution in [2.24, 2.45) is 11.7 Å². The van der Waals surface area contributed by atoms with Gasteiger partial charge < -0.3 is 25.8 Å². The quantitative estimate of drug-likeness (QED) is 0.632. The van der Waals surface area contributed by atoms with Crippen molar-refractivity contribution in [2.45, 2.75) is 25.3 Å². The Labute approximate surface area is 162 Å². The van der Waals surface area contributed by atoms with Gasteiger partial charge in [-0.1, -0.05) is 19.1 Å². The van der Waals surface area contributed by atoms with Gasteiger partial charge in [-0.3, -0.25) is 4.79 Å². The van der Waals surface area contributed by atoms with Gasteiger partial charge in [-0.25, -0.2) is 4.79 Å². The Balaban J connectivity index is 0.00000210. The summed E-state index contributed by atoms with van der Waals surface area (Å²) in [6.45, 7) is 3.61. The van der Waals surface area contributed by atoms with Gasteiger partial charge in [0.15, 0.2) is 5.56 Å². The van der Waals surface area contributed by atoms with Crippen LogP contribution in [-0.4, -0.2) is 39.8 Å². The largest absolute Gasteiger partial charge is 0.506 e. The van der Waals surface area contributed by atoms with Crippen LogP contribution < -0.4 is 16.2 Å². The van der Waals surface area contributed by atoms with E-state index < -0.39 is 22.8 Å². The smallest absolute Gasteiger partial charge is 0.345 e. The first-order valence-electron chi connectivity index (χ1n) is 8.69. The minimum Gasteiger partial charge on any atom is -0.506 e. The van der Waals surface area contributed by atoms with Gasteiger partial charge in [-0.15, -0.1) is 12.4 Å². The van der Waals surface area contributed by atoms with Crippen molar-refractivity contribution in [3.05, 3.63) is 45.7 Å². The number of anilines is 1. The van der Waals surface area contributed by atoms with Crippen molar-refractivity contribution in [3.63, 3.8) is 0 Å². The minimum atomic E-state index is -1.44. The molecule has 1 aliphatic heterocycles. The lowest BCUT2D eigenvalue weighted by molar-refractivity contribution is 0.0691. The Morgan fingerprint density at radius 1 is 1.37 bits per heavy atom. The third-order valence-corrected chi connectivity index (χ3v) is 5.58. The Kier molecular flexibility index (Phi) is 4.69. The van der Waals surface area contributed by atoms with E-state index in [1.807, 2.05) is 24.3 Å². The van der Waals surface area contributed by atoms with Crippen molar-refractivity contribution >= 4 is 24.1 Å². The molecule has 2 unspecified atom stereocenters. The first-order chi connectivity index (χ1) is 12.3. The normalized spacial score (nSPS) is 22.9. The standard InChI is InChI=1S/C19H21N3O4.ClH/c1-2-13-15(21-17(24)14(16(13)23)18(25)26)10-3-5-12(6-4-10)22-8-11-7-19(11,20)9-22;/h3-6,11H,2,7-9,20H2,1H3,(H,25,26)(H2,21,23,24);1H. The molecule has 0 spiro atoms. The molecular weight excluding hydrogens is 370 g/mol. The molecule has 5 N–H and O–H groups in total. The predicted octanol–water partition coefficient (Wildman–Crippen LogP) is 1.97. The summed E-state index contributed by atoms with van der Waals surface area (Å²) in [5, 5.41) is 19.4. The van der Waals surface area contributed by atoms with Crippen LogP contribution in [0.3, 0.4) is 0 Å². The number of fused-ring (bicyclic) bond motifs is 1. The monoisotopic (exact) mass is 391 g/mol. The molecule has 0 amide bonds. The maximum Gasteiger partial charge on any atom is 0.345 e. The fraction of sp³-hybridized carbons (Fsp3) is 0.368. The highest BCUT2D eigenvalue weighted by Gasteiger charge is 2.57. The number of carboxylic acids is 1. The number of aromatic hydroxyl groups is 1. The molecule has 1 aliphatic carbocycles. The van der Waals surface area contributed by atoms with Crippen molar-refractivity contribution in [1.29, 1.82) is 0 Å². The highest BCUT2D eigenvalue weighted by Crippen LogP contribution is 2.48. The molecule has 1 aromatic carbocycles. The Hall–Kier alpha value is -2.51. The second kappa shape index (κ2) is 6.58. The Bertz CT molecular complexity index is 957. The number of carboxylic acid groups (broad SMARTS) is 1. The van der Waals surface area contributed by atoms with E-state index in [1.165, 1.54) is 0 Å². The fourth-order valence-electron chi connectivity index (χ4n) is 3.98. The van der Waals surface area contributed by atoms with Gasteiger partial charge in [0.1, 0.15) is 5.75 Å². The summed E-state index contributed by atoms with van der Waals surface area (Å²) in [5.41, 5.74) is 7.45. The first kappa shape index (κ1) is 19.3. The van der Waals surface area contributed by atoms with E-state index in [0.29, 0.717) is 23.6 Å². The van der Waals surface area contributed by atoms with E-state index in [1.54, 1.807) is 6.92 Å². The SMILES string of the molecule is CCc1c(-c2ccc(N3CC4CC4(N)C3)cc2)[nH]c(=O)c(C(=O)O)c1O.Cl. The van der Waals surface area contributed by atoms with Gasteiger partial charge >= 0.3 is 5.97 Å². The zero-order valence-electron chi connectivity index (χ0n) is 14.9. The van der Waals surface area contributed by atoms with E-state index in [4.69, 9.17) is 10.8 Å². The molecule has 4 rings (SSSR count). The second-order valence-electron chi connectivity index (χ2n) is 7.25. The van der Waals surface area contributed by atoms with Gasteiger partial charge in [-0.05, 0) is 36.5 Å². The number of piperidine rings is 1. The van der Waals surface area contributed by atoms with Gasteiger partial charge in [-0.2, -0.15) is 0 Å². The number of aromatic carboxylic acids is 1. The summed E-state index contributed by atoms with van der Waals surface area (Å²) in [6, 6.07) is 7.66. The van der Waals surface area contributed by atoms with Gasteiger partial charge in [0.25, 0.3) is 5.56 Å². The molecule has 1 aromatic heterocycles. The average molecular weight is 392 g/mol. The van der Waals surface area contributed by atoms with Crippen molar-refractivity contribution in [1.82, 2.24) is 4.98 Å². The fourth-order valence-corrected chi connectivity index (χ4v) is 3.98. The van der Waals surface area contributed by atoms with Crippen molar-refractivity contribution in [3.8, 4) is 17.0 Å². The molecule has 2 aliphatic rings. The molecule has 1 saturated carbocycles. The number of rotatable bonds is 4. The lowest BCUT2D eigenvalue weighted by Gasteiger charge is -2.22. The zero-order chi connectivity index (χ0) is 18.6. The predicted molar refractivity (Wildman–Crippen MR) is 105 cm³/mol. The number of nitrogens with zero attached hydrogens (tertiary/aromatic N) is 1. The van der Waals surface area contributed by atoms with Crippen LogP contribution in [0.5, 0.6) is 5.75 Å². The summed E-state index contributed by atoms with van der Waals surface area (Å²) in [7, 11) is 0. The van der Waals surface area contributed by atoms with Gasteiger partial charge in [0.2, 0.25) is 0 Å². The summed E-state index contributed by atoms with van der Waals surface area (Å²) < 4.78 is 0. The number of nitrogens with one attached hydrogen (secondary N) is 1. The molecule has 2 atom stereocenters. The molecule has 2 aromatic rings. The molecule has 0 bridgehead atoms. The molecule has 144 valence electrons. The van der Waals surface area contributed by atoms with E-state index in [-0.39, 0.29) is 17.9 Å². The number of halogens is 1. The van der Waals surface area contributed by atoms with Crippen LogP contribution in [0.1, 0.15) is 29.3 Å². The summed E-state index contributed by atoms with van der Waals surface area (Å²) in [5.74, 6) is -1.33. The third-order valence-electron chi connectivity index (χ3n) is 5.58. The summed E-state index contributed by atoms with van der Waals surface area (Å²) in [4.78, 5) is 28.2. The number of benzene rings is 1. The average Bonchev–Trinajstić information content (AvgIpc) is 3.11. The van der Waals surface area contributed by atoms with E-state index in [2.05, 4.69) is 9.88 Å². The molecule has 0 radical (unpaired) electrons. The maximum atomic E-state index is 12.1. The number of hydrogen-bond donors (Lipinski definition) is 4. The molecule has 8 heteroatoms. The lowest BCUT2D eigenvalue weighted by Crippen LogP contribution is -2.33. The third kappa shape index (κ3) is 3.07. The molecule has 2 fully saturated rings.